The smallest absolute Gasteiger partial charge is 0.0923 e. The Bertz CT molecular complexity index is 2180. The van der Waals surface area contributed by atoms with Gasteiger partial charge < -0.3 is 9.80 Å². The highest BCUT2D eigenvalue weighted by molar-refractivity contribution is 5.82. The van der Waals surface area contributed by atoms with Gasteiger partial charge in [0, 0.05) is 28.4 Å². The lowest BCUT2D eigenvalue weighted by molar-refractivity contribution is 0.548. The average molecular weight is 707 g/mol. The van der Waals surface area contributed by atoms with Crippen molar-refractivity contribution in [2.75, 3.05) is 9.80 Å². The molecule has 0 bridgehead atoms. The maximum Gasteiger partial charge on any atom is 0.0923 e. The maximum atomic E-state index is 2.55. The van der Waals surface area contributed by atoms with Crippen molar-refractivity contribution in [2.45, 2.75) is 78.2 Å². The van der Waals surface area contributed by atoms with Gasteiger partial charge in [0.25, 0.3) is 0 Å². The first kappa shape index (κ1) is 36.7. The number of aryl methyl sites for hydroxylation is 4. The predicted molar refractivity (Wildman–Crippen MR) is 233 cm³/mol. The number of rotatable bonds is 14. The molecule has 6 aromatic rings. The summed E-state index contributed by atoms with van der Waals surface area (Å²) in [5.74, 6) is 0. The van der Waals surface area contributed by atoms with E-state index in [0.29, 0.717) is 0 Å². The molecule has 1 aliphatic carbocycles. The zero-order valence-electron chi connectivity index (χ0n) is 32.5. The van der Waals surface area contributed by atoms with Crippen molar-refractivity contribution in [3.05, 3.63) is 203 Å². The molecule has 0 amide bonds. The zero-order chi connectivity index (χ0) is 37.3. The summed E-state index contributed by atoms with van der Waals surface area (Å²) in [4.78, 5) is 4.93. The van der Waals surface area contributed by atoms with E-state index in [4.69, 9.17) is 0 Å². The van der Waals surface area contributed by atoms with E-state index in [0.717, 1.165) is 24.9 Å². The molecule has 0 saturated carbocycles. The molecule has 0 radical (unpaired) electrons. The molecule has 2 heteroatoms. The minimum absolute atomic E-state index is 0.408. The van der Waals surface area contributed by atoms with Crippen molar-refractivity contribution in [3.63, 3.8) is 0 Å². The van der Waals surface area contributed by atoms with Crippen LogP contribution in [0.2, 0.25) is 0 Å². The Morgan fingerprint density at radius 1 is 0.519 bits per heavy atom. The number of nitrogens with zero attached hydrogens (tertiary/aromatic N) is 2. The Labute approximate surface area is 324 Å². The van der Waals surface area contributed by atoms with Gasteiger partial charge in [-0.05, 0) is 146 Å². The van der Waals surface area contributed by atoms with E-state index in [9.17, 15) is 0 Å². The largest absolute Gasteiger partial charge is 0.327 e. The van der Waals surface area contributed by atoms with Gasteiger partial charge in [-0.15, -0.1) is 0 Å². The van der Waals surface area contributed by atoms with Gasteiger partial charge in [-0.1, -0.05) is 136 Å². The molecule has 1 aliphatic rings. The van der Waals surface area contributed by atoms with Gasteiger partial charge in [0.15, 0.2) is 0 Å². The second-order valence-electron chi connectivity index (χ2n) is 14.9. The molecular formula is C52H54N2. The van der Waals surface area contributed by atoms with Gasteiger partial charge in [-0.25, -0.2) is 0 Å². The predicted octanol–water partition coefficient (Wildman–Crippen LogP) is 14.5. The van der Waals surface area contributed by atoms with Gasteiger partial charge in [-0.3, -0.25) is 0 Å². The highest BCUT2D eigenvalue weighted by atomic mass is 15.2. The second-order valence-corrected chi connectivity index (χ2v) is 14.9. The van der Waals surface area contributed by atoms with Gasteiger partial charge in [-0.2, -0.15) is 0 Å². The van der Waals surface area contributed by atoms with Crippen LogP contribution in [0, 0.1) is 13.8 Å². The van der Waals surface area contributed by atoms with Crippen LogP contribution in [0.1, 0.15) is 79.3 Å². The molecule has 2 nitrogen and oxygen atoms in total. The lowest BCUT2D eigenvalue weighted by Gasteiger charge is -2.45. The molecule has 7 rings (SSSR count). The van der Waals surface area contributed by atoms with Crippen molar-refractivity contribution >= 4 is 34.0 Å². The number of hydrogen-bond donors (Lipinski definition) is 0. The minimum atomic E-state index is -0.408. The van der Waals surface area contributed by atoms with Gasteiger partial charge in [0.05, 0.1) is 5.54 Å². The third-order valence-corrected chi connectivity index (χ3v) is 10.9. The summed E-state index contributed by atoms with van der Waals surface area (Å²) in [5, 5.41) is 0. The molecule has 0 aliphatic heterocycles. The summed E-state index contributed by atoms with van der Waals surface area (Å²) in [5.41, 5.74) is 14.5. The van der Waals surface area contributed by atoms with Gasteiger partial charge in [0.1, 0.15) is 0 Å². The molecule has 0 fully saturated rings. The molecular weight excluding hydrogens is 653 g/mol. The van der Waals surface area contributed by atoms with E-state index < -0.39 is 5.54 Å². The fourth-order valence-electron chi connectivity index (χ4n) is 7.86. The van der Waals surface area contributed by atoms with E-state index in [-0.39, 0.29) is 0 Å². The van der Waals surface area contributed by atoms with Crippen LogP contribution in [0.25, 0.3) is 5.57 Å². The molecule has 0 spiro atoms. The highest BCUT2D eigenvalue weighted by Gasteiger charge is 2.38. The fraction of sp³-hybridized carbons (Fsp3) is 0.231. The van der Waals surface area contributed by atoms with Crippen LogP contribution >= 0.6 is 0 Å². The Morgan fingerprint density at radius 2 is 1.06 bits per heavy atom. The quantitative estimate of drug-likeness (QED) is 0.111. The fourth-order valence-corrected chi connectivity index (χ4v) is 7.86. The van der Waals surface area contributed by atoms with E-state index in [2.05, 4.69) is 207 Å². The van der Waals surface area contributed by atoms with E-state index >= 15 is 0 Å². The molecule has 54 heavy (non-hydrogen) atoms. The van der Waals surface area contributed by atoms with E-state index in [1.54, 1.807) is 0 Å². The van der Waals surface area contributed by atoms with Crippen molar-refractivity contribution in [2.24, 2.45) is 0 Å². The Morgan fingerprint density at radius 3 is 1.59 bits per heavy atom. The van der Waals surface area contributed by atoms with Crippen LogP contribution in [0.4, 0.5) is 28.4 Å². The summed E-state index contributed by atoms with van der Waals surface area (Å²) < 4.78 is 0. The van der Waals surface area contributed by atoms with Gasteiger partial charge in [0.2, 0.25) is 0 Å². The molecule has 1 atom stereocenters. The molecule has 272 valence electrons. The van der Waals surface area contributed by atoms with Crippen molar-refractivity contribution in [1.82, 2.24) is 0 Å². The number of benzene rings is 6. The first-order valence-electron chi connectivity index (χ1n) is 19.9. The van der Waals surface area contributed by atoms with Crippen molar-refractivity contribution in [3.8, 4) is 0 Å². The van der Waals surface area contributed by atoms with E-state index in [1.807, 2.05) is 0 Å². The Balaban J connectivity index is 1.24. The van der Waals surface area contributed by atoms with Crippen molar-refractivity contribution in [1.29, 1.82) is 0 Å². The van der Waals surface area contributed by atoms with Crippen LogP contribution < -0.4 is 9.80 Å². The Kier molecular flexibility index (Phi) is 11.6. The summed E-state index contributed by atoms with van der Waals surface area (Å²) in [7, 11) is 0. The summed E-state index contributed by atoms with van der Waals surface area (Å²) in [6.45, 7) is 8.87. The minimum Gasteiger partial charge on any atom is -0.327 e. The molecule has 0 N–H and O–H groups in total. The van der Waals surface area contributed by atoms with Crippen LogP contribution in [-0.2, 0) is 18.4 Å². The number of allylic oxidation sites excluding steroid dienone is 2. The number of anilines is 5. The van der Waals surface area contributed by atoms with Crippen molar-refractivity contribution < 1.29 is 0 Å². The zero-order valence-corrected chi connectivity index (χ0v) is 32.5. The van der Waals surface area contributed by atoms with Crippen LogP contribution in [0.5, 0.6) is 0 Å². The molecule has 0 heterocycles. The monoisotopic (exact) mass is 706 g/mol. The highest BCUT2D eigenvalue weighted by Crippen LogP contribution is 2.47. The number of unbranched alkanes of at least 4 members (excludes halogenated alkanes) is 2. The van der Waals surface area contributed by atoms with Gasteiger partial charge >= 0.3 is 0 Å². The first-order valence-corrected chi connectivity index (χ1v) is 19.9. The summed E-state index contributed by atoms with van der Waals surface area (Å²) in [6, 6.07) is 56.3. The van der Waals surface area contributed by atoms with Crippen LogP contribution in [-0.4, -0.2) is 0 Å². The first-order chi connectivity index (χ1) is 26.5. The van der Waals surface area contributed by atoms with Crippen LogP contribution in [0.3, 0.4) is 0 Å². The van der Waals surface area contributed by atoms with Crippen LogP contribution in [0.15, 0.2) is 170 Å². The number of hydrogen-bond acceptors (Lipinski definition) is 2. The molecule has 0 saturated heterocycles. The molecule has 1 unspecified atom stereocenters. The standard InChI is InChI=1S/C52H54N2/c1-5-7-16-42-22-28-47(29-23-42)53(50-20-12-14-40(3)38-50)48-32-26-44(27-33-48)45-34-36-52(37-35-45,46-18-10-9-11-19-46)54(51-21-13-15-41(4)39-51)49-30-24-43(25-31-49)17-8-6-2/h9-15,18-36,38-39H,5-8,16-17,37H2,1-4H3. The normalized spacial score (nSPS) is 15.1. The SMILES string of the molecule is CCCCc1ccc(N(c2ccc(C3=CCC(c4ccccc4)(N(c4ccc(CCCC)cc4)c4cccc(C)c4)C=C3)cc2)c2cccc(C)c2)cc1. The second kappa shape index (κ2) is 17.0. The lowest BCUT2D eigenvalue weighted by Crippen LogP contribution is -2.42. The third-order valence-electron chi connectivity index (χ3n) is 10.9. The molecule has 6 aromatic carbocycles. The lowest BCUT2D eigenvalue weighted by atomic mass is 9.78. The molecule has 0 aromatic heterocycles. The topological polar surface area (TPSA) is 6.48 Å². The summed E-state index contributed by atoms with van der Waals surface area (Å²) in [6.07, 6.45) is 15.1. The summed E-state index contributed by atoms with van der Waals surface area (Å²) >= 11 is 0. The van der Waals surface area contributed by atoms with E-state index in [1.165, 1.54) is 87.4 Å². The third kappa shape index (κ3) is 8.14. The Hall–Kier alpha value is -5.60. The maximum absolute atomic E-state index is 2.55. The average Bonchev–Trinajstić information content (AvgIpc) is 3.21.